The second-order valence-corrected chi connectivity index (χ2v) is 8.48. The molecule has 0 amide bonds. The molecule has 3 rings (SSSR count). The zero-order valence-corrected chi connectivity index (χ0v) is 15.0. The Kier molecular flexibility index (Phi) is 4.37. The highest BCUT2D eigenvalue weighted by Gasteiger charge is 2.28. The third kappa shape index (κ3) is 3.04. The summed E-state index contributed by atoms with van der Waals surface area (Å²) in [6.45, 7) is 3.52. The molecule has 0 radical (unpaired) electrons. The molecule has 5 nitrogen and oxygen atoms in total. The normalized spacial score (nSPS) is 11.7. The van der Waals surface area contributed by atoms with Crippen LogP contribution in [-0.2, 0) is 10.0 Å². The van der Waals surface area contributed by atoms with Crippen molar-refractivity contribution >= 4 is 38.6 Å². The Morgan fingerprint density at radius 1 is 1.25 bits per heavy atom. The number of hydrogen-bond acceptors (Lipinski definition) is 5. The fourth-order valence-electron chi connectivity index (χ4n) is 2.38. The maximum atomic E-state index is 13.2. The molecule has 9 heteroatoms. The molecular formula is C15H12ClFN2O3S2. The Morgan fingerprint density at radius 3 is 2.62 bits per heavy atom. The van der Waals surface area contributed by atoms with E-state index in [1.54, 1.807) is 13.0 Å². The number of sulfonamides is 1. The van der Waals surface area contributed by atoms with Crippen LogP contribution in [0, 0.1) is 19.7 Å². The van der Waals surface area contributed by atoms with Gasteiger partial charge in [0.15, 0.2) is 5.76 Å². The minimum absolute atomic E-state index is 0.113. The average molecular weight is 387 g/mol. The third-order valence-corrected chi connectivity index (χ3v) is 6.32. The molecule has 0 bridgehead atoms. The molecule has 3 aromatic rings. The summed E-state index contributed by atoms with van der Waals surface area (Å²) in [6.07, 6.45) is 1.45. The molecule has 2 aromatic heterocycles. The van der Waals surface area contributed by atoms with Crippen LogP contribution in [0.25, 0.3) is 11.3 Å². The highest BCUT2D eigenvalue weighted by molar-refractivity contribution is 7.93. The number of rotatable bonds is 4. The van der Waals surface area contributed by atoms with E-state index in [1.807, 2.05) is 6.92 Å². The molecule has 0 atom stereocenters. The highest BCUT2D eigenvalue weighted by Crippen LogP contribution is 2.39. The van der Waals surface area contributed by atoms with Crippen LogP contribution in [0.3, 0.4) is 0 Å². The molecule has 2 heterocycles. The van der Waals surface area contributed by atoms with E-state index in [9.17, 15) is 12.8 Å². The van der Waals surface area contributed by atoms with E-state index in [0.29, 0.717) is 16.2 Å². The van der Waals surface area contributed by atoms with Gasteiger partial charge in [0.05, 0.1) is 22.5 Å². The van der Waals surface area contributed by atoms with E-state index < -0.39 is 15.8 Å². The van der Waals surface area contributed by atoms with E-state index in [4.69, 9.17) is 16.1 Å². The van der Waals surface area contributed by atoms with Crippen molar-refractivity contribution in [3.8, 4) is 11.3 Å². The first-order chi connectivity index (χ1) is 11.3. The number of nitrogens with one attached hydrogen (secondary N) is 1. The topological polar surface area (TPSA) is 72.2 Å². The molecule has 0 spiro atoms. The van der Waals surface area contributed by atoms with E-state index in [-0.39, 0.29) is 15.6 Å². The predicted molar refractivity (Wildman–Crippen MR) is 91.5 cm³/mol. The summed E-state index contributed by atoms with van der Waals surface area (Å²) >= 11 is 7.05. The smallest absolute Gasteiger partial charge is 0.263 e. The lowest BCUT2D eigenvalue weighted by Gasteiger charge is -2.10. The Balaban J connectivity index is 2.09. The lowest BCUT2D eigenvalue weighted by atomic mass is 10.2. The number of benzene rings is 1. The van der Waals surface area contributed by atoms with Crippen LogP contribution in [0.5, 0.6) is 0 Å². The average Bonchev–Trinajstić information content (AvgIpc) is 3.10. The quantitative estimate of drug-likeness (QED) is 0.710. The Morgan fingerprint density at radius 2 is 2.00 bits per heavy atom. The lowest BCUT2D eigenvalue weighted by molar-refractivity contribution is 0.431. The van der Waals surface area contributed by atoms with Gasteiger partial charge in [0.2, 0.25) is 0 Å². The minimum Gasteiger partial charge on any atom is -0.356 e. The van der Waals surface area contributed by atoms with Gasteiger partial charge in [0.1, 0.15) is 10.7 Å². The SMILES string of the molecule is Cc1sc(C)c(S(=O)(=O)Nc2ccc(F)c(Cl)c2)c1-c1ccno1. The second kappa shape index (κ2) is 6.19. The number of aryl methyl sites for hydroxylation is 2. The maximum Gasteiger partial charge on any atom is 0.263 e. The Labute approximate surface area is 147 Å². The molecule has 0 saturated heterocycles. The van der Waals surface area contributed by atoms with Gasteiger partial charge in [-0.25, -0.2) is 12.8 Å². The van der Waals surface area contributed by atoms with Crippen LogP contribution < -0.4 is 4.72 Å². The minimum atomic E-state index is -3.92. The van der Waals surface area contributed by atoms with Crippen molar-refractivity contribution in [2.75, 3.05) is 4.72 Å². The second-order valence-electron chi connectivity index (χ2n) is 5.03. The Bertz CT molecular complexity index is 998. The van der Waals surface area contributed by atoms with Gasteiger partial charge in [-0.3, -0.25) is 4.72 Å². The molecule has 1 aromatic carbocycles. The van der Waals surface area contributed by atoms with E-state index in [2.05, 4.69) is 9.88 Å². The van der Waals surface area contributed by atoms with Gasteiger partial charge in [-0.1, -0.05) is 16.8 Å². The molecular weight excluding hydrogens is 375 g/mol. The predicted octanol–water partition coefficient (Wildman–Crippen LogP) is 4.61. The van der Waals surface area contributed by atoms with Crippen molar-refractivity contribution in [2.45, 2.75) is 18.7 Å². The maximum absolute atomic E-state index is 13.2. The van der Waals surface area contributed by atoms with Crippen LogP contribution in [0.4, 0.5) is 10.1 Å². The first kappa shape index (κ1) is 16.9. The van der Waals surface area contributed by atoms with Crippen LogP contribution in [0.2, 0.25) is 5.02 Å². The number of nitrogens with zero attached hydrogens (tertiary/aromatic N) is 1. The van der Waals surface area contributed by atoms with Gasteiger partial charge in [-0.05, 0) is 32.0 Å². The van der Waals surface area contributed by atoms with Gasteiger partial charge >= 0.3 is 0 Å². The number of anilines is 1. The van der Waals surface area contributed by atoms with Gasteiger partial charge < -0.3 is 4.52 Å². The summed E-state index contributed by atoms with van der Waals surface area (Å²) in [5, 5.41) is 3.47. The number of hydrogen-bond donors (Lipinski definition) is 1. The third-order valence-electron chi connectivity index (χ3n) is 3.33. The zero-order chi connectivity index (χ0) is 17.5. The van der Waals surface area contributed by atoms with Crippen molar-refractivity contribution in [3.63, 3.8) is 0 Å². The fourth-order valence-corrected chi connectivity index (χ4v) is 5.48. The molecule has 0 aliphatic rings. The number of aromatic nitrogens is 1. The van der Waals surface area contributed by atoms with Gasteiger partial charge in [0, 0.05) is 15.8 Å². The zero-order valence-electron chi connectivity index (χ0n) is 12.6. The summed E-state index contributed by atoms with van der Waals surface area (Å²) in [7, 11) is -3.92. The molecule has 0 fully saturated rings. The van der Waals surface area contributed by atoms with Crippen molar-refractivity contribution in [1.29, 1.82) is 0 Å². The van der Waals surface area contributed by atoms with Crippen LogP contribution in [-0.4, -0.2) is 13.6 Å². The number of thiophene rings is 1. The molecule has 1 N–H and O–H groups in total. The van der Waals surface area contributed by atoms with Gasteiger partial charge in [0.25, 0.3) is 10.0 Å². The summed E-state index contributed by atoms with van der Waals surface area (Å²) in [6, 6.07) is 5.23. The number of halogens is 2. The largest absolute Gasteiger partial charge is 0.356 e. The van der Waals surface area contributed by atoms with Crippen LogP contribution in [0.15, 0.2) is 39.9 Å². The van der Waals surface area contributed by atoms with Crippen molar-refractivity contribution in [3.05, 3.63) is 51.1 Å². The Hall–Kier alpha value is -1.90. The molecule has 24 heavy (non-hydrogen) atoms. The van der Waals surface area contributed by atoms with Gasteiger partial charge in [-0.15, -0.1) is 11.3 Å². The fraction of sp³-hybridized carbons (Fsp3) is 0.133. The van der Waals surface area contributed by atoms with Crippen LogP contribution in [0.1, 0.15) is 9.75 Å². The van der Waals surface area contributed by atoms with E-state index in [0.717, 1.165) is 10.9 Å². The van der Waals surface area contributed by atoms with Crippen LogP contribution >= 0.6 is 22.9 Å². The lowest BCUT2D eigenvalue weighted by Crippen LogP contribution is -2.14. The molecule has 0 aliphatic carbocycles. The molecule has 0 unspecified atom stereocenters. The standard InChI is InChI=1S/C15H12ClFN2O3S2/c1-8-14(13-5-6-18-22-13)15(9(2)23-8)24(20,21)19-10-3-4-12(17)11(16)7-10/h3-7,19H,1-2H3. The molecule has 0 saturated carbocycles. The van der Waals surface area contributed by atoms with Crippen molar-refractivity contribution in [2.24, 2.45) is 0 Å². The monoisotopic (exact) mass is 386 g/mol. The van der Waals surface area contributed by atoms with Gasteiger partial charge in [-0.2, -0.15) is 0 Å². The van der Waals surface area contributed by atoms with E-state index >= 15 is 0 Å². The van der Waals surface area contributed by atoms with Crippen molar-refractivity contribution < 1.29 is 17.3 Å². The summed E-state index contributed by atoms with van der Waals surface area (Å²) < 4.78 is 46.5. The summed E-state index contributed by atoms with van der Waals surface area (Å²) in [4.78, 5) is 1.52. The first-order valence-corrected chi connectivity index (χ1v) is 9.46. The highest BCUT2D eigenvalue weighted by atomic mass is 35.5. The molecule has 126 valence electrons. The summed E-state index contributed by atoms with van der Waals surface area (Å²) in [5.41, 5.74) is 0.642. The van der Waals surface area contributed by atoms with Crippen molar-refractivity contribution in [1.82, 2.24) is 5.16 Å². The summed E-state index contributed by atoms with van der Waals surface area (Å²) in [5.74, 6) is -0.251. The van der Waals surface area contributed by atoms with E-state index in [1.165, 1.54) is 29.7 Å². The first-order valence-electron chi connectivity index (χ1n) is 6.78. The molecule has 0 aliphatic heterocycles.